The van der Waals surface area contributed by atoms with Gasteiger partial charge in [-0.15, -0.1) is 11.3 Å². The van der Waals surface area contributed by atoms with E-state index in [1.54, 1.807) is 29.5 Å². The molecule has 1 amide bonds. The van der Waals surface area contributed by atoms with Crippen LogP contribution < -0.4 is 10.6 Å². The Bertz CT molecular complexity index is 1290. The highest BCUT2D eigenvalue weighted by atomic mass is 32.1. The first-order valence-corrected chi connectivity index (χ1v) is 12.2. The van der Waals surface area contributed by atoms with E-state index in [0.29, 0.717) is 12.0 Å². The molecule has 1 aromatic heterocycles. The van der Waals surface area contributed by atoms with Gasteiger partial charge in [-0.2, -0.15) is 0 Å². The third-order valence-electron chi connectivity index (χ3n) is 5.52. The van der Waals surface area contributed by atoms with Gasteiger partial charge in [0, 0.05) is 28.1 Å². The smallest absolute Gasteiger partial charge is 0.328 e. The Labute approximate surface area is 209 Å². The number of aryl methyl sites for hydroxylation is 1. The quantitative estimate of drug-likeness (QED) is 0.300. The number of methoxy groups -OCH3 is 1. The minimum absolute atomic E-state index is 0.346. The number of benzene rings is 3. The highest BCUT2D eigenvalue weighted by molar-refractivity contribution is 7.16. The van der Waals surface area contributed by atoms with Crippen LogP contribution in [0, 0.1) is 0 Å². The minimum atomic E-state index is -0.786. The Balaban J connectivity index is 1.50. The van der Waals surface area contributed by atoms with Crippen LogP contribution in [0.4, 0.5) is 10.8 Å². The molecular weight excluding hydrogens is 458 g/mol. The molecule has 0 aliphatic heterocycles. The summed E-state index contributed by atoms with van der Waals surface area (Å²) in [7, 11) is 1.32. The van der Waals surface area contributed by atoms with E-state index in [4.69, 9.17) is 9.72 Å². The van der Waals surface area contributed by atoms with Crippen molar-refractivity contribution >= 4 is 34.0 Å². The van der Waals surface area contributed by atoms with Crippen molar-refractivity contribution in [2.75, 3.05) is 12.4 Å². The fourth-order valence-electron chi connectivity index (χ4n) is 3.75. The average Bonchev–Trinajstić information content (AvgIpc) is 3.31. The molecule has 1 unspecified atom stereocenters. The zero-order valence-electron chi connectivity index (χ0n) is 19.7. The molecule has 0 saturated carbocycles. The molecule has 1 atom stereocenters. The summed E-state index contributed by atoms with van der Waals surface area (Å²) < 4.78 is 4.91. The van der Waals surface area contributed by atoms with Crippen LogP contribution in [0.2, 0.25) is 0 Å². The summed E-state index contributed by atoms with van der Waals surface area (Å²) in [6.07, 6.45) is 1.22. The molecule has 0 spiro atoms. The van der Waals surface area contributed by atoms with E-state index in [1.165, 1.54) is 12.0 Å². The van der Waals surface area contributed by atoms with Gasteiger partial charge in [-0.1, -0.05) is 73.7 Å². The topological polar surface area (TPSA) is 80.3 Å². The van der Waals surface area contributed by atoms with Gasteiger partial charge in [0.15, 0.2) is 5.13 Å². The maximum absolute atomic E-state index is 13.0. The largest absolute Gasteiger partial charge is 0.467 e. The number of aromatic nitrogens is 1. The summed E-state index contributed by atoms with van der Waals surface area (Å²) in [5, 5.41) is 6.90. The number of carbonyl (C=O) groups is 2. The van der Waals surface area contributed by atoms with E-state index in [1.807, 2.05) is 54.6 Å². The highest BCUT2D eigenvalue weighted by Gasteiger charge is 2.23. The molecule has 4 aromatic rings. The van der Waals surface area contributed by atoms with Gasteiger partial charge in [0.25, 0.3) is 5.91 Å². The fourth-order valence-corrected chi connectivity index (χ4v) is 4.70. The molecule has 0 saturated heterocycles. The zero-order chi connectivity index (χ0) is 24.6. The predicted molar refractivity (Wildman–Crippen MR) is 140 cm³/mol. The van der Waals surface area contributed by atoms with Crippen LogP contribution in [-0.2, 0) is 22.4 Å². The van der Waals surface area contributed by atoms with Crippen LogP contribution in [0.1, 0.15) is 27.7 Å². The lowest BCUT2D eigenvalue weighted by Crippen LogP contribution is -2.43. The number of esters is 1. The summed E-state index contributed by atoms with van der Waals surface area (Å²) in [5.41, 5.74) is 4.16. The summed E-state index contributed by atoms with van der Waals surface area (Å²) in [5.74, 6) is -0.835. The molecule has 4 rings (SSSR count). The molecule has 178 valence electrons. The Morgan fingerprint density at radius 1 is 0.971 bits per heavy atom. The summed E-state index contributed by atoms with van der Waals surface area (Å²) in [6.45, 7) is 2.11. The second kappa shape index (κ2) is 11.4. The zero-order valence-corrected chi connectivity index (χ0v) is 20.5. The molecule has 35 heavy (non-hydrogen) atoms. The molecule has 3 aromatic carbocycles. The van der Waals surface area contributed by atoms with Crippen LogP contribution in [0.15, 0.2) is 84.9 Å². The first kappa shape index (κ1) is 24.2. The van der Waals surface area contributed by atoms with Crippen LogP contribution >= 0.6 is 11.3 Å². The maximum atomic E-state index is 13.0. The van der Waals surface area contributed by atoms with Gasteiger partial charge >= 0.3 is 5.97 Å². The molecule has 1 heterocycles. The van der Waals surface area contributed by atoms with Crippen molar-refractivity contribution < 1.29 is 14.3 Å². The molecule has 0 bridgehead atoms. The lowest BCUT2D eigenvalue weighted by Gasteiger charge is -2.17. The lowest BCUT2D eigenvalue weighted by molar-refractivity contribution is -0.142. The number of thiazole rings is 1. The Hall–Kier alpha value is -3.97. The molecule has 7 heteroatoms. The van der Waals surface area contributed by atoms with Crippen molar-refractivity contribution in [2.24, 2.45) is 0 Å². The van der Waals surface area contributed by atoms with Gasteiger partial charge in [0.1, 0.15) is 6.04 Å². The first-order chi connectivity index (χ1) is 17.1. The molecule has 0 fully saturated rings. The second-order valence-corrected chi connectivity index (χ2v) is 9.04. The average molecular weight is 486 g/mol. The van der Waals surface area contributed by atoms with Crippen molar-refractivity contribution in [3.8, 4) is 11.3 Å². The Morgan fingerprint density at radius 3 is 2.37 bits per heavy atom. The second-order valence-electron chi connectivity index (χ2n) is 7.96. The van der Waals surface area contributed by atoms with Crippen molar-refractivity contribution in [3.05, 3.63) is 101 Å². The van der Waals surface area contributed by atoms with Gasteiger partial charge in [-0.3, -0.25) is 4.79 Å². The normalized spacial score (nSPS) is 11.5. The standard InChI is InChI=1S/C28H27N3O3S/c1-3-24-25(20-13-8-5-9-14-20)31-28(35-24)29-22-16-10-15-21(18-22)26(32)30-23(27(33)34-2)17-19-11-6-4-7-12-19/h4-16,18,23H,3,17H2,1-2H3,(H,29,31)(H,30,32). The molecule has 6 nitrogen and oxygen atoms in total. The Kier molecular flexibility index (Phi) is 7.90. The Morgan fingerprint density at radius 2 is 1.69 bits per heavy atom. The van der Waals surface area contributed by atoms with Crippen molar-refractivity contribution in [2.45, 2.75) is 25.8 Å². The van der Waals surface area contributed by atoms with Crippen LogP contribution in [0.5, 0.6) is 0 Å². The van der Waals surface area contributed by atoms with Gasteiger partial charge in [-0.25, -0.2) is 9.78 Å². The number of anilines is 2. The number of hydrogen-bond donors (Lipinski definition) is 2. The predicted octanol–water partition coefficient (Wildman–Crippen LogP) is 5.63. The van der Waals surface area contributed by atoms with E-state index in [9.17, 15) is 9.59 Å². The molecule has 0 radical (unpaired) electrons. The van der Waals surface area contributed by atoms with Crippen LogP contribution in [0.3, 0.4) is 0 Å². The molecular formula is C28H27N3O3S. The number of nitrogens with one attached hydrogen (secondary N) is 2. The fraction of sp³-hybridized carbons (Fsp3) is 0.179. The number of carbonyl (C=O) groups excluding carboxylic acids is 2. The third kappa shape index (κ3) is 6.13. The van der Waals surface area contributed by atoms with Gasteiger partial charge in [0.2, 0.25) is 0 Å². The van der Waals surface area contributed by atoms with Crippen molar-refractivity contribution in [1.82, 2.24) is 10.3 Å². The summed E-state index contributed by atoms with van der Waals surface area (Å²) in [4.78, 5) is 31.3. The monoisotopic (exact) mass is 485 g/mol. The van der Waals surface area contributed by atoms with E-state index in [2.05, 4.69) is 29.7 Å². The van der Waals surface area contributed by atoms with Gasteiger partial charge < -0.3 is 15.4 Å². The molecule has 2 N–H and O–H groups in total. The summed E-state index contributed by atoms with van der Waals surface area (Å²) in [6, 6.07) is 26.0. The minimum Gasteiger partial charge on any atom is -0.467 e. The summed E-state index contributed by atoms with van der Waals surface area (Å²) >= 11 is 1.60. The van der Waals surface area contributed by atoms with E-state index in [-0.39, 0.29) is 5.91 Å². The van der Waals surface area contributed by atoms with Gasteiger partial charge in [-0.05, 0) is 30.2 Å². The number of rotatable bonds is 9. The van der Waals surface area contributed by atoms with E-state index >= 15 is 0 Å². The number of ether oxygens (including phenoxy) is 1. The van der Waals surface area contributed by atoms with E-state index in [0.717, 1.165) is 34.1 Å². The van der Waals surface area contributed by atoms with Crippen LogP contribution in [0.25, 0.3) is 11.3 Å². The lowest BCUT2D eigenvalue weighted by atomic mass is 10.1. The number of amides is 1. The number of nitrogens with zero attached hydrogens (tertiary/aromatic N) is 1. The molecule has 0 aliphatic rings. The van der Waals surface area contributed by atoms with Crippen LogP contribution in [-0.4, -0.2) is 30.0 Å². The SMILES string of the molecule is CCc1sc(Nc2cccc(C(=O)NC(Cc3ccccc3)C(=O)OC)c2)nc1-c1ccccc1. The van der Waals surface area contributed by atoms with E-state index < -0.39 is 12.0 Å². The third-order valence-corrected chi connectivity index (χ3v) is 6.63. The van der Waals surface area contributed by atoms with Crippen molar-refractivity contribution in [3.63, 3.8) is 0 Å². The van der Waals surface area contributed by atoms with Crippen molar-refractivity contribution in [1.29, 1.82) is 0 Å². The number of hydrogen-bond acceptors (Lipinski definition) is 6. The first-order valence-electron chi connectivity index (χ1n) is 11.4. The highest BCUT2D eigenvalue weighted by Crippen LogP contribution is 2.33. The molecule has 0 aliphatic carbocycles. The van der Waals surface area contributed by atoms with Gasteiger partial charge in [0.05, 0.1) is 12.8 Å². The maximum Gasteiger partial charge on any atom is 0.328 e.